The van der Waals surface area contributed by atoms with E-state index in [0.29, 0.717) is 11.3 Å². The van der Waals surface area contributed by atoms with Gasteiger partial charge in [0.2, 0.25) is 0 Å². The smallest absolute Gasteiger partial charge is 0.155 e. The summed E-state index contributed by atoms with van der Waals surface area (Å²) in [4.78, 5) is 3.79. The van der Waals surface area contributed by atoms with Crippen molar-refractivity contribution in [2.75, 3.05) is 13.3 Å². The van der Waals surface area contributed by atoms with Crippen molar-refractivity contribution >= 4 is 30.8 Å². The van der Waals surface area contributed by atoms with Crippen molar-refractivity contribution in [3.63, 3.8) is 0 Å². The summed E-state index contributed by atoms with van der Waals surface area (Å²) in [6, 6.07) is 1.68. The first-order valence-corrected chi connectivity index (χ1v) is 6.74. The van der Waals surface area contributed by atoms with Crippen LogP contribution >= 0.6 is 7.14 Å². The molecule has 0 fully saturated rings. The molecule has 0 saturated carbocycles. The van der Waals surface area contributed by atoms with Crippen molar-refractivity contribution in [2.45, 2.75) is 6.92 Å². The van der Waals surface area contributed by atoms with Crippen molar-refractivity contribution in [3.8, 4) is 0 Å². The van der Waals surface area contributed by atoms with E-state index in [2.05, 4.69) is 23.4 Å². The van der Waals surface area contributed by atoms with E-state index < -0.39 is 7.14 Å². The largest absolute Gasteiger partial charge is 0.318 e. The molecule has 4 nitrogen and oxygen atoms in total. The minimum absolute atomic E-state index is 0.558. The number of allylic oxidation sites excluding steroid dienone is 1. The minimum atomic E-state index is -2.34. The molecule has 1 aromatic heterocycles. The van der Waals surface area contributed by atoms with Gasteiger partial charge >= 0.3 is 0 Å². The Balaban J connectivity index is 3.34. The lowest BCUT2D eigenvalue weighted by Gasteiger charge is -2.01. The van der Waals surface area contributed by atoms with Gasteiger partial charge in [-0.1, -0.05) is 6.58 Å². The van der Waals surface area contributed by atoms with E-state index in [0.717, 1.165) is 5.70 Å². The van der Waals surface area contributed by atoms with Crippen LogP contribution in [0.2, 0.25) is 0 Å². The number of aromatic nitrogens is 2. The SMILES string of the molecule is C=Nc1cc(P(C)(C)=O)nn1C(=C)C. The molecule has 0 bridgehead atoms. The van der Waals surface area contributed by atoms with Crippen LogP contribution in [-0.2, 0) is 4.57 Å². The maximum Gasteiger partial charge on any atom is 0.155 e. The zero-order chi connectivity index (χ0) is 10.9. The van der Waals surface area contributed by atoms with Crippen LogP contribution in [0.3, 0.4) is 0 Å². The molecule has 1 rings (SSSR count). The summed E-state index contributed by atoms with van der Waals surface area (Å²) in [6.07, 6.45) is 0. The van der Waals surface area contributed by atoms with Crippen LogP contribution in [0.1, 0.15) is 6.92 Å². The number of nitrogens with zero attached hydrogens (tertiary/aromatic N) is 3. The predicted octanol–water partition coefficient (Wildman–Crippen LogP) is 1.95. The van der Waals surface area contributed by atoms with Crippen LogP contribution < -0.4 is 5.44 Å². The monoisotopic (exact) mass is 211 g/mol. The first-order chi connectivity index (χ1) is 6.36. The van der Waals surface area contributed by atoms with Gasteiger partial charge in [0.05, 0.1) is 0 Å². The maximum atomic E-state index is 11.8. The van der Waals surface area contributed by atoms with E-state index in [1.165, 1.54) is 0 Å². The summed E-state index contributed by atoms with van der Waals surface area (Å²) in [5, 5.41) is 4.17. The average Bonchev–Trinajstić information content (AvgIpc) is 2.45. The third kappa shape index (κ3) is 2.02. The summed E-state index contributed by atoms with van der Waals surface area (Å²) in [5.41, 5.74) is 1.29. The normalized spacial score (nSPS) is 11.4. The van der Waals surface area contributed by atoms with Crippen LogP contribution in [0.4, 0.5) is 5.82 Å². The van der Waals surface area contributed by atoms with Gasteiger partial charge in [-0.25, -0.2) is 9.67 Å². The zero-order valence-electron chi connectivity index (χ0n) is 8.69. The van der Waals surface area contributed by atoms with Crippen molar-refractivity contribution in [2.24, 2.45) is 4.99 Å². The summed E-state index contributed by atoms with van der Waals surface area (Å²) in [5.74, 6) is 0.580. The Morgan fingerprint density at radius 2 is 2.21 bits per heavy atom. The molecule has 5 heteroatoms. The molecular formula is C9H14N3OP. The Kier molecular flexibility index (Phi) is 2.76. The average molecular weight is 211 g/mol. The summed E-state index contributed by atoms with van der Waals surface area (Å²) in [7, 11) is -2.34. The lowest BCUT2D eigenvalue weighted by atomic mass is 10.5. The third-order valence-electron chi connectivity index (χ3n) is 1.75. The summed E-state index contributed by atoms with van der Waals surface area (Å²) < 4.78 is 13.3. The molecule has 1 heterocycles. The Hall–Kier alpha value is -1.15. The van der Waals surface area contributed by atoms with Crippen molar-refractivity contribution < 1.29 is 4.57 Å². The Bertz CT molecular complexity index is 427. The maximum absolute atomic E-state index is 11.8. The number of rotatable bonds is 3. The first-order valence-electron chi connectivity index (χ1n) is 4.14. The molecule has 0 amide bonds. The van der Waals surface area contributed by atoms with Gasteiger partial charge in [-0.05, 0) is 27.0 Å². The van der Waals surface area contributed by atoms with Crippen LogP contribution in [0, 0.1) is 0 Å². The van der Waals surface area contributed by atoms with Gasteiger partial charge in [0.1, 0.15) is 12.6 Å². The predicted molar refractivity (Wildman–Crippen MR) is 61.5 cm³/mol. The second kappa shape index (κ2) is 3.54. The number of aliphatic imine (C=N–C) groups is 1. The highest BCUT2D eigenvalue weighted by Crippen LogP contribution is 2.35. The lowest BCUT2D eigenvalue weighted by molar-refractivity contribution is 0.587. The van der Waals surface area contributed by atoms with Gasteiger partial charge in [0.15, 0.2) is 5.82 Å². The second-order valence-electron chi connectivity index (χ2n) is 3.52. The highest BCUT2D eigenvalue weighted by atomic mass is 31.2. The molecule has 0 atom stereocenters. The minimum Gasteiger partial charge on any atom is -0.318 e. The summed E-state index contributed by atoms with van der Waals surface area (Å²) >= 11 is 0. The van der Waals surface area contributed by atoms with Crippen LogP contribution in [0.15, 0.2) is 17.6 Å². The fourth-order valence-electron chi connectivity index (χ4n) is 1.02. The van der Waals surface area contributed by atoms with Crippen molar-refractivity contribution in [1.82, 2.24) is 9.78 Å². The van der Waals surface area contributed by atoms with Gasteiger partial charge in [0, 0.05) is 11.8 Å². The van der Waals surface area contributed by atoms with E-state index >= 15 is 0 Å². The standard InChI is InChI=1S/C9H14N3OP/c1-7(2)12-8(10-3)6-9(11-12)14(4,5)13/h6H,1,3H2,2,4-5H3. The quantitative estimate of drug-likeness (QED) is 0.566. The molecular weight excluding hydrogens is 197 g/mol. The first kappa shape index (κ1) is 10.9. The van der Waals surface area contributed by atoms with Gasteiger partial charge < -0.3 is 4.57 Å². The van der Waals surface area contributed by atoms with Gasteiger partial charge in [0.25, 0.3) is 0 Å². The fraction of sp³-hybridized carbons (Fsp3) is 0.333. The zero-order valence-corrected chi connectivity index (χ0v) is 9.58. The molecule has 0 N–H and O–H groups in total. The van der Waals surface area contributed by atoms with E-state index in [-0.39, 0.29) is 0 Å². The molecule has 0 spiro atoms. The number of hydrogen-bond acceptors (Lipinski definition) is 3. The number of hydrogen-bond donors (Lipinski definition) is 0. The second-order valence-corrected chi connectivity index (χ2v) is 6.68. The van der Waals surface area contributed by atoms with Crippen LogP contribution in [-0.4, -0.2) is 29.8 Å². The topological polar surface area (TPSA) is 47.2 Å². The summed E-state index contributed by atoms with van der Waals surface area (Å²) in [6.45, 7) is 12.3. The van der Waals surface area contributed by atoms with Gasteiger partial charge in [-0.3, -0.25) is 0 Å². The van der Waals surface area contributed by atoms with Crippen LogP contribution in [0.25, 0.3) is 5.70 Å². The molecule has 0 aliphatic carbocycles. The Labute approximate surface area is 83.7 Å². The highest BCUT2D eigenvalue weighted by Gasteiger charge is 2.17. The van der Waals surface area contributed by atoms with E-state index in [9.17, 15) is 4.57 Å². The van der Waals surface area contributed by atoms with Gasteiger partial charge in [-0.2, -0.15) is 5.10 Å². The van der Waals surface area contributed by atoms with E-state index in [4.69, 9.17) is 0 Å². The van der Waals surface area contributed by atoms with Crippen LogP contribution in [0.5, 0.6) is 0 Å². The Morgan fingerprint density at radius 1 is 1.64 bits per heavy atom. The highest BCUT2D eigenvalue weighted by molar-refractivity contribution is 7.69. The molecule has 0 saturated heterocycles. The van der Waals surface area contributed by atoms with E-state index in [1.54, 1.807) is 24.1 Å². The third-order valence-corrected chi connectivity index (χ3v) is 3.07. The van der Waals surface area contributed by atoms with Crippen molar-refractivity contribution in [1.29, 1.82) is 0 Å². The molecule has 1 aromatic rings. The molecule has 0 unspecified atom stereocenters. The molecule has 76 valence electrons. The lowest BCUT2D eigenvalue weighted by Crippen LogP contribution is -2.06. The molecule has 0 aliphatic rings. The van der Waals surface area contributed by atoms with E-state index in [1.807, 2.05) is 6.92 Å². The Morgan fingerprint density at radius 3 is 2.50 bits per heavy atom. The molecule has 0 aromatic carbocycles. The molecule has 0 radical (unpaired) electrons. The van der Waals surface area contributed by atoms with Crippen molar-refractivity contribution in [3.05, 3.63) is 12.6 Å². The fourth-order valence-corrected chi connectivity index (χ4v) is 1.75. The molecule has 14 heavy (non-hydrogen) atoms. The molecule has 0 aliphatic heterocycles. The van der Waals surface area contributed by atoms with Gasteiger partial charge in [-0.15, -0.1) is 0 Å².